The Kier molecular flexibility index (Phi) is 30.6. The van der Waals surface area contributed by atoms with Gasteiger partial charge in [-0.25, -0.2) is 51.9 Å². The van der Waals surface area contributed by atoms with E-state index < -0.39 is 72.1 Å². The lowest BCUT2D eigenvalue weighted by Gasteiger charge is -2.27. The lowest BCUT2D eigenvalue weighted by Crippen LogP contribution is -2.46. The standard InChI is InChI=1S/C25H25F3N4O3.C23H23F3N4O4.C23H24F2N4O4.C22H23F2N5O3/c26-25(27,28)17-6-4-5-16(13-17)23(34)30-24-29-20-14-19(31-11-12-35-15-22(31)33)9-10-21(20)32(24)18-7-2-1-3-8-18;1-14(8-10-31)30-19-7-6-17(29-9-3-11-34-22(29)33)13-18(19)27-21(30)28-20(32)15-4-2-5-16(12-15)23(24,25)26;1-14(8-10-30)29-19-7-6-17(28-9-3-11-33-23(28)32)13-18(19)26-22(29)27-21(31)16-5-2-4-15(12-16)20(24)25;23-19(24)14-4-1-5-15(12-14)20(31)27-21-26-17-13-16(28-9-2-8-25-22(28)32)6-7-18(17)29(21)10-3-11-30/h4-6,9-10,13-14,18H,1-3,7-8,11-12,15H2,(H,29,30,34);2,4-7,12-14,31H,3,8-11H2,1H3,(H,27,28,32);2,4-7,12-14,20,30H,3,8-11H2,1H3,(H,26,27,31);1,4-7,12-13,19,30H,2-3,8-11H2,(H,25,32)(H,26,27,31)/t;2*14-;/m.11./s1. The maximum absolute atomic E-state index is 13.1. The molecule has 0 unspecified atom stereocenters. The van der Waals surface area contributed by atoms with Crippen molar-refractivity contribution in [1.82, 2.24) is 43.5 Å². The summed E-state index contributed by atoms with van der Waals surface area (Å²) in [5.74, 6) is -1.82. The molecule has 706 valence electrons. The molecule has 5 aliphatic rings. The van der Waals surface area contributed by atoms with Crippen molar-refractivity contribution >= 4 is 138 Å². The second kappa shape index (κ2) is 42.7. The Hall–Kier alpha value is -14.1. The van der Waals surface area contributed by atoms with Gasteiger partial charge in [0.15, 0.2) is 0 Å². The van der Waals surface area contributed by atoms with Gasteiger partial charge in [-0.1, -0.05) is 55.7 Å². The number of aromatic nitrogens is 8. The molecule has 0 spiro atoms. The zero-order valence-corrected chi connectivity index (χ0v) is 72.5. The molecule has 4 saturated heterocycles. The van der Waals surface area contributed by atoms with Crippen LogP contribution in [-0.4, -0.2) is 180 Å². The molecule has 1 aliphatic carbocycles. The molecule has 4 aromatic heterocycles. The Morgan fingerprint density at radius 1 is 0.448 bits per heavy atom. The third kappa shape index (κ3) is 22.5. The normalized spacial score (nSPS) is 15.6. The number of rotatable bonds is 24. The molecule has 0 radical (unpaired) electrons. The highest BCUT2D eigenvalue weighted by Gasteiger charge is 2.35. The van der Waals surface area contributed by atoms with Crippen LogP contribution in [0.5, 0.6) is 0 Å². The Morgan fingerprint density at radius 3 is 1.31 bits per heavy atom. The number of alkyl halides is 10. The fourth-order valence-electron chi connectivity index (χ4n) is 16.3. The summed E-state index contributed by atoms with van der Waals surface area (Å²) in [7, 11) is 0. The summed E-state index contributed by atoms with van der Waals surface area (Å²) in [6, 6.07) is 39.8. The predicted octanol–water partition coefficient (Wildman–Crippen LogP) is 17.8. The topological polar surface area (TPSA) is 369 Å². The number of halogens is 10. The number of aryl methyl sites for hydroxylation is 1. The van der Waals surface area contributed by atoms with Crippen LogP contribution in [0.25, 0.3) is 44.1 Å². The number of aliphatic hydroxyl groups is 3. The van der Waals surface area contributed by atoms with E-state index in [0.717, 1.165) is 86.0 Å². The van der Waals surface area contributed by atoms with E-state index in [4.69, 9.17) is 14.2 Å². The van der Waals surface area contributed by atoms with Gasteiger partial charge in [-0.2, -0.15) is 26.3 Å². The highest BCUT2D eigenvalue weighted by molar-refractivity contribution is 6.08. The van der Waals surface area contributed by atoms with E-state index in [9.17, 15) is 97.6 Å². The quantitative estimate of drug-likeness (QED) is 0.0260. The minimum absolute atomic E-state index is 0.0207. The van der Waals surface area contributed by atoms with Crippen LogP contribution in [-0.2, 0) is 37.9 Å². The third-order valence-electron chi connectivity index (χ3n) is 23.1. The number of carbonyl (C=O) groups excluding carboxylic acids is 8. The molecule has 5 fully saturated rings. The highest BCUT2D eigenvalue weighted by Crippen LogP contribution is 2.40. The van der Waals surface area contributed by atoms with E-state index in [2.05, 4.69) is 46.5 Å². The number of morpholine rings is 1. The molecule has 12 aromatic rings. The Labute approximate surface area is 759 Å². The summed E-state index contributed by atoms with van der Waals surface area (Å²) < 4.78 is 153. The lowest BCUT2D eigenvalue weighted by atomic mass is 9.95. The summed E-state index contributed by atoms with van der Waals surface area (Å²) in [6.45, 7) is 7.75. The van der Waals surface area contributed by atoms with Crippen LogP contribution >= 0.6 is 0 Å². The number of aliphatic hydroxyl groups excluding tert-OH is 3. The second-order valence-corrected chi connectivity index (χ2v) is 32.2. The predicted molar refractivity (Wildman–Crippen MR) is 478 cm³/mol. The number of fused-ring (bicyclic) bond motifs is 4. The molecular weight excluding hydrogens is 1770 g/mol. The van der Waals surface area contributed by atoms with Gasteiger partial charge in [-0.05, 0) is 199 Å². The third-order valence-corrected chi connectivity index (χ3v) is 23.1. The Balaban J connectivity index is 0.000000143. The van der Waals surface area contributed by atoms with E-state index in [1.807, 2.05) is 42.7 Å². The minimum atomic E-state index is -4.58. The summed E-state index contributed by atoms with van der Waals surface area (Å²) in [6.07, 6.45) is -6.88. The van der Waals surface area contributed by atoms with Gasteiger partial charge in [0.25, 0.3) is 42.4 Å². The SMILES string of the molecule is C[C@H](CCO)n1c(NC(=O)c2cccc(C(F)(F)F)c2)nc2cc(N3CCCOC3=O)ccc21.C[C@H](CCO)n1c(NC(=O)c2cccc(C(F)F)c2)nc2cc(N3CCCOC3=O)ccc21.O=C(Nc1nc2cc(N3CCCNC3=O)ccc2n1CCCO)c1cccc(C(F)F)c1.O=C(Nc1nc2cc(N3CCOCC3=O)ccc2n1C1CCCCC1)c1cccc(C(F)(F)F)c1. The molecule has 8 heterocycles. The number of hydrogen-bond acceptors (Lipinski definition) is 18. The average Bonchev–Trinajstić information content (AvgIpc) is 1.64. The molecule has 8 aromatic carbocycles. The van der Waals surface area contributed by atoms with E-state index in [-0.39, 0.29) is 108 Å². The molecule has 4 aliphatic heterocycles. The molecule has 0 bridgehead atoms. The van der Waals surface area contributed by atoms with Crippen molar-refractivity contribution in [2.75, 3.05) is 120 Å². The van der Waals surface area contributed by atoms with Crippen LogP contribution in [0.4, 0.5) is 105 Å². The summed E-state index contributed by atoms with van der Waals surface area (Å²) in [5, 5.41) is 41.7. The second-order valence-electron chi connectivity index (χ2n) is 32.2. The number of ether oxygens (including phenoxy) is 3. The van der Waals surface area contributed by atoms with Gasteiger partial charge >= 0.3 is 30.6 Å². The molecule has 134 heavy (non-hydrogen) atoms. The van der Waals surface area contributed by atoms with Crippen molar-refractivity contribution in [2.24, 2.45) is 0 Å². The van der Waals surface area contributed by atoms with Crippen LogP contribution in [0.15, 0.2) is 170 Å². The zero-order chi connectivity index (χ0) is 95.2. The van der Waals surface area contributed by atoms with Crippen molar-refractivity contribution < 1.29 is 112 Å². The van der Waals surface area contributed by atoms with Gasteiger partial charge in [-0.15, -0.1) is 0 Å². The van der Waals surface area contributed by atoms with Crippen LogP contribution in [0.3, 0.4) is 0 Å². The average molecular weight is 1860 g/mol. The number of nitrogens with one attached hydrogen (secondary N) is 5. The molecule has 17 rings (SSSR count). The zero-order valence-electron chi connectivity index (χ0n) is 72.5. The van der Waals surface area contributed by atoms with Crippen LogP contribution in [0.2, 0.25) is 0 Å². The van der Waals surface area contributed by atoms with Crippen molar-refractivity contribution in [2.45, 2.75) is 134 Å². The molecule has 9 amide bonds. The molecule has 41 heteroatoms. The fraction of sp³-hybridized carbons (Fsp3) is 0.355. The molecular formula is C93H95F10N17O14. The first-order chi connectivity index (χ1) is 64.4. The number of anilines is 8. The van der Waals surface area contributed by atoms with Crippen molar-refractivity contribution in [1.29, 1.82) is 0 Å². The Morgan fingerprint density at radius 2 is 0.858 bits per heavy atom. The smallest absolute Gasteiger partial charge is 0.416 e. The first-order valence-electron chi connectivity index (χ1n) is 43.4. The number of imidazole rings is 4. The van der Waals surface area contributed by atoms with E-state index in [1.54, 1.807) is 72.0 Å². The van der Waals surface area contributed by atoms with Crippen LogP contribution < -0.4 is 46.2 Å². The van der Waals surface area contributed by atoms with Crippen molar-refractivity contribution in [3.05, 3.63) is 214 Å². The highest BCUT2D eigenvalue weighted by atomic mass is 19.4. The number of cyclic esters (lactones) is 2. The number of benzene rings is 8. The Bertz CT molecular complexity index is 6310. The number of carbonyl (C=O) groups is 8. The molecule has 31 nitrogen and oxygen atoms in total. The lowest BCUT2D eigenvalue weighted by molar-refractivity contribution is -0.138. The summed E-state index contributed by atoms with van der Waals surface area (Å²) in [4.78, 5) is 124. The maximum atomic E-state index is 13.1. The van der Waals surface area contributed by atoms with Crippen LogP contribution in [0.1, 0.15) is 179 Å². The van der Waals surface area contributed by atoms with Gasteiger partial charge in [0.05, 0.1) is 75.1 Å². The summed E-state index contributed by atoms with van der Waals surface area (Å²) >= 11 is 0. The van der Waals surface area contributed by atoms with Gasteiger partial charge in [0.2, 0.25) is 23.8 Å². The van der Waals surface area contributed by atoms with Gasteiger partial charge in [-0.3, -0.25) is 59.9 Å². The van der Waals surface area contributed by atoms with Crippen molar-refractivity contribution in [3.8, 4) is 0 Å². The number of hydrogen-bond donors (Lipinski definition) is 8. The minimum Gasteiger partial charge on any atom is -0.449 e. The van der Waals surface area contributed by atoms with Crippen LogP contribution in [0, 0.1) is 0 Å². The van der Waals surface area contributed by atoms with Crippen molar-refractivity contribution in [3.63, 3.8) is 0 Å². The first-order valence-corrected chi connectivity index (χ1v) is 43.4. The summed E-state index contributed by atoms with van der Waals surface area (Å²) in [5.41, 5.74) is 5.21. The van der Waals surface area contributed by atoms with E-state index >= 15 is 0 Å². The van der Waals surface area contributed by atoms with Gasteiger partial charge < -0.3 is 58.0 Å². The van der Waals surface area contributed by atoms with E-state index in [0.29, 0.717) is 153 Å². The largest absolute Gasteiger partial charge is 0.449 e. The number of urea groups is 1. The monoisotopic (exact) mass is 1860 g/mol. The maximum Gasteiger partial charge on any atom is 0.416 e. The van der Waals surface area contributed by atoms with E-state index in [1.165, 1.54) is 70.5 Å². The molecule has 1 saturated carbocycles. The first kappa shape index (κ1) is 96.0. The molecule has 2 atom stereocenters. The fourth-order valence-corrected chi connectivity index (χ4v) is 16.3. The van der Waals surface area contributed by atoms with Gasteiger partial charge in [0.1, 0.15) is 6.61 Å². The van der Waals surface area contributed by atoms with Gasteiger partial charge in [0, 0.05) is 133 Å². The molecule has 8 N–H and O–H groups in total. The number of amides is 9. The number of nitrogens with zero attached hydrogens (tertiary/aromatic N) is 12.